The van der Waals surface area contributed by atoms with Gasteiger partial charge in [-0.1, -0.05) is 27.7 Å². The van der Waals surface area contributed by atoms with Crippen LogP contribution in [0.3, 0.4) is 0 Å². The number of nitrogens with one attached hydrogen (secondary N) is 1. The number of rotatable bonds is 6. The predicted molar refractivity (Wildman–Crippen MR) is 104 cm³/mol. The smallest absolute Gasteiger partial charge is 0.278 e. The molecule has 0 bridgehead atoms. The highest BCUT2D eigenvalue weighted by molar-refractivity contribution is 5.97. The highest BCUT2D eigenvalue weighted by Gasteiger charge is 2.18. The first-order chi connectivity index (χ1) is 12.2. The normalized spacial score (nSPS) is 11.2. The maximum absolute atomic E-state index is 12.8. The molecule has 0 aliphatic rings. The van der Waals surface area contributed by atoms with Crippen LogP contribution in [0.5, 0.6) is 0 Å². The van der Waals surface area contributed by atoms with Crippen molar-refractivity contribution in [3.05, 3.63) is 46.8 Å². The summed E-state index contributed by atoms with van der Waals surface area (Å²) in [5, 5.41) is 7.28. The number of aromatic nitrogens is 2. The molecule has 1 amide bonds. The van der Waals surface area contributed by atoms with E-state index in [2.05, 4.69) is 24.3 Å². The van der Waals surface area contributed by atoms with Crippen LogP contribution in [0.1, 0.15) is 61.4 Å². The molecule has 0 aliphatic heterocycles. The van der Waals surface area contributed by atoms with Crippen LogP contribution in [0.2, 0.25) is 0 Å². The first-order valence-electron chi connectivity index (χ1n) is 9.21. The zero-order valence-corrected chi connectivity index (χ0v) is 16.6. The summed E-state index contributed by atoms with van der Waals surface area (Å²) in [7, 11) is 0. The van der Waals surface area contributed by atoms with Gasteiger partial charge in [-0.25, -0.2) is 4.68 Å². The molecule has 0 atom stereocenters. The van der Waals surface area contributed by atoms with Gasteiger partial charge in [0, 0.05) is 22.9 Å². The van der Waals surface area contributed by atoms with E-state index >= 15 is 0 Å². The number of hydrogen-bond donors (Lipinski definition) is 1. The molecule has 140 valence electrons. The zero-order valence-electron chi connectivity index (χ0n) is 16.6. The summed E-state index contributed by atoms with van der Waals surface area (Å²) >= 11 is 0. The minimum absolute atomic E-state index is 0.0441. The molecule has 5 nitrogen and oxygen atoms in total. The lowest BCUT2D eigenvalue weighted by molar-refractivity contribution is -0.118. The fourth-order valence-corrected chi connectivity index (χ4v) is 2.77. The number of amides is 1. The molecule has 1 aromatic carbocycles. The zero-order chi connectivity index (χ0) is 19.4. The van der Waals surface area contributed by atoms with E-state index in [0.717, 1.165) is 29.8 Å². The second-order valence-electron chi connectivity index (χ2n) is 7.52. The summed E-state index contributed by atoms with van der Waals surface area (Å²) in [6, 6.07) is 6.95. The van der Waals surface area contributed by atoms with Gasteiger partial charge in [0.05, 0.1) is 5.69 Å². The summed E-state index contributed by atoms with van der Waals surface area (Å²) in [4.78, 5) is 24.6. The van der Waals surface area contributed by atoms with Crippen molar-refractivity contribution in [2.45, 2.75) is 54.4 Å². The van der Waals surface area contributed by atoms with Gasteiger partial charge in [0.1, 0.15) is 0 Å². The van der Waals surface area contributed by atoms with Crippen molar-refractivity contribution in [1.82, 2.24) is 9.78 Å². The first kappa shape index (κ1) is 19.9. The molecule has 2 aromatic rings. The Morgan fingerprint density at radius 3 is 2.23 bits per heavy atom. The van der Waals surface area contributed by atoms with Crippen LogP contribution in [0.15, 0.2) is 24.3 Å². The number of nitrogens with zero attached hydrogens (tertiary/aromatic N) is 2. The van der Waals surface area contributed by atoms with Gasteiger partial charge in [-0.05, 0) is 62.4 Å². The van der Waals surface area contributed by atoms with Gasteiger partial charge in [0.15, 0.2) is 0 Å². The fraction of sp³-hybridized carbons (Fsp3) is 0.476. The Hall–Kier alpha value is -2.43. The Morgan fingerprint density at radius 2 is 1.69 bits per heavy atom. The largest absolute Gasteiger partial charge is 0.326 e. The Bertz CT molecular complexity index is 786. The van der Waals surface area contributed by atoms with E-state index in [9.17, 15) is 9.59 Å². The van der Waals surface area contributed by atoms with Gasteiger partial charge >= 0.3 is 0 Å². The van der Waals surface area contributed by atoms with Gasteiger partial charge in [-0.2, -0.15) is 5.10 Å². The Labute approximate surface area is 155 Å². The summed E-state index contributed by atoms with van der Waals surface area (Å²) in [5.41, 5.74) is 4.22. The highest BCUT2D eigenvalue weighted by atomic mass is 16.2. The average Bonchev–Trinajstić information content (AvgIpc) is 2.87. The number of carbonyl (C=O) groups is 2. The van der Waals surface area contributed by atoms with Crippen LogP contribution in [0.4, 0.5) is 5.69 Å². The van der Waals surface area contributed by atoms with Crippen LogP contribution in [0, 0.1) is 25.7 Å². The van der Waals surface area contributed by atoms with Crippen LogP contribution >= 0.6 is 0 Å². The van der Waals surface area contributed by atoms with Crippen LogP contribution in [-0.4, -0.2) is 21.6 Å². The predicted octanol–water partition coefficient (Wildman–Crippen LogP) is 4.37. The van der Waals surface area contributed by atoms with Crippen molar-refractivity contribution in [2.75, 3.05) is 5.32 Å². The van der Waals surface area contributed by atoms with Gasteiger partial charge in [-0.15, -0.1) is 0 Å². The second-order valence-corrected chi connectivity index (χ2v) is 7.52. The Morgan fingerprint density at radius 1 is 1.08 bits per heavy atom. The molecule has 0 radical (unpaired) electrons. The Kier molecular flexibility index (Phi) is 6.35. The van der Waals surface area contributed by atoms with E-state index < -0.39 is 0 Å². The average molecular weight is 355 g/mol. The van der Waals surface area contributed by atoms with E-state index in [1.165, 1.54) is 4.68 Å². The molecule has 1 heterocycles. The van der Waals surface area contributed by atoms with Crippen molar-refractivity contribution in [3.8, 4) is 0 Å². The Balaban J connectivity index is 2.19. The van der Waals surface area contributed by atoms with Crippen molar-refractivity contribution in [1.29, 1.82) is 0 Å². The minimum Gasteiger partial charge on any atom is -0.326 e. The molecule has 0 saturated heterocycles. The lowest BCUT2D eigenvalue weighted by Gasteiger charge is -2.09. The molecule has 1 N–H and O–H groups in total. The van der Waals surface area contributed by atoms with Gasteiger partial charge < -0.3 is 5.32 Å². The van der Waals surface area contributed by atoms with Crippen molar-refractivity contribution in [3.63, 3.8) is 0 Å². The molecule has 0 unspecified atom stereocenters. The molecule has 1 aromatic heterocycles. The van der Waals surface area contributed by atoms with E-state index in [0.29, 0.717) is 17.2 Å². The van der Waals surface area contributed by atoms with E-state index in [-0.39, 0.29) is 17.7 Å². The molecule has 0 saturated carbocycles. The third kappa shape index (κ3) is 4.59. The molecular weight excluding hydrogens is 326 g/mol. The SMILES string of the molecule is Cc1nn(C(=O)c2ccc(NC(=O)C(C)C)cc2)c(C)c1CCC(C)C. The lowest BCUT2D eigenvalue weighted by Crippen LogP contribution is -2.18. The third-order valence-electron chi connectivity index (χ3n) is 4.53. The van der Waals surface area contributed by atoms with Gasteiger partial charge in [0.2, 0.25) is 5.91 Å². The van der Waals surface area contributed by atoms with E-state index in [1.54, 1.807) is 24.3 Å². The first-order valence-corrected chi connectivity index (χ1v) is 9.21. The minimum atomic E-state index is -0.150. The van der Waals surface area contributed by atoms with Crippen LogP contribution < -0.4 is 5.32 Å². The quantitative estimate of drug-likeness (QED) is 0.837. The van der Waals surface area contributed by atoms with Crippen molar-refractivity contribution < 1.29 is 9.59 Å². The third-order valence-corrected chi connectivity index (χ3v) is 4.53. The molecular formula is C21H29N3O2. The fourth-order valence-electron chi connectivity index (χ4n) is 2.77. The lowest BCUT2D eigenvalue weighted by atomic mass is 10.0. The topological polar surface area (TPSA) is 64.0 Å². The summed E-state index contributed by atoms with van der Waals surface area (Å²) < 4.78 is 1.49. The second kappa shape index (κ2) is 8.30. The maximum atomic E-state index is 12.8. The summed E-state index contributed by atoms with van der Waals surface area (Å²) in [6.07, 6.45) is 2.01. The van der Waals surface area contributed by atoms with Gasteiger partial charge in [0.25, 0.3) is 5.91 Å². The summed E-state index contributed by atoms with van der Waals surface area (Å²) in [6.45, 7) is 12.0. The molecule has 5 heteroatoms. The maximum Gasteiger partial charge on any atom is 0.278 e. The number of anilines is 1. The highest BCUT2D eigenvalue weighted by Crippen LogP contribution is 2.19. The number of hydrogen-bond acceptors (Lipinski definition) is 3. The standard InChI is InChI=1S/C21H29N3O2/c1-13(2)7-12-19-15(5)23-24(16(19)6)21(26)17-8-10-18(11-9-17)22-20(25)14(3)4/h8-11,13-14H,7,12H2,1-6H3,(H,22,25). The van der Waals surface area contributed by atoms with E-state index in [1.807, 2.05) is 27.7 Å². The number of aryl methyl sites for hydroxylation is 1. The molecule has 0 spiro atoms. The molecule has 0 aliphatic carbocycles. The summed E-state index contributed by atoms with van der Waals surface area (Å²) in [5.74, 6) is 0.331. The van der Waals surface area contributed by atoms with Crippen molar-refractivity contribution >= 4 is 17.5 Å². The monoisotopic (exact) mass is 355 g/mol. The van der Waals surface area contributed by atoms with E-state index in [4.69, 9.17) is 0 Å². The number of carbonyl (C=O) groups excluding carboxylic acids is 2. The van der Waals surface area contributed by atoms with Gasteiger partial charge in [-0.3, -0.25) is 9.59 Å². The molecule has 0 fully saturated rings. The van der Waals surface area contributed by atoms with Crippen molar-refractivity contribution in [2.24, 2.45) is 11.8 Å². The molecule has 2 rings (SSSR count). The van der Waals surface area contributed by atoms with Crippen LogP contribution in [0.25, 0.3) is 0 Å². The van der Waals surface area contributed by atoms with Crippen LogP contribution in [-0.2, 0) is 11.2 Å². The number of benzene rings is 1. The molecule has 26 heavy (non-hydrogen) atoms.